The molecule has 2 unspecified atom stereocenters. The Balaban J connectivity index is 0.00000220. The van der Waals surface area contributed by atoms with Crippen LogP contribution in [-0.4, -0.2) is 50.7 Å². The van der Waals surface area contributed by atoms with Crippen LogP contribution in [0, 0.1) is 10.1 Å². The molecule has 1 aliphatic heterocycles. The van der Waals surface area contributed by atoms with Gasteiger partial charge in [0.1, 0.15) is 12.4 Å². The van der Waals surface area contributed by atoms with Crippen molar-refractivity contribution < 1.29 is 9.72 Å². The van der Waals surface area contributed by atoms with Crippen LogP contribution in [0.25, 0.3) is 0 Å². The van der Waals surface area contributed by atoms with Crippen molar-refractivity contribution in [2.45, 2.75) is 38.9 Å². The van der Waals surface area contributed by atoms with E-state index in [0.717, 1.165) is 6.54 Å². The molecular weight excluding hydrogens is 298 g/mol. The maximum atomic E-state index is 12.2. The molecule has 1 saturated heterocycles. The predicted molar refractivity (Wildman–Crippen MR) is 79.4 cm³/mol. The number of carbonyl (C=O) groups is 1. The lowest BCUT2D eigenvalue weighted by Gasteiger charge is -2.38. The van der Waals surface area contributed by atoms with Crippen molar-refractivity contribution in [1.82, 2.24) is 20.0 Å². The van der Waals surface area contributed by atoms with Crippen molar-refractivity contribution in [3.8, 4) is 0 Å². The molecular formula is C12H20ClN5O3. The Morgan fingerprint density at radius 2 is 2.29 bits per heavy atom. The number of amides is 1. The third kappa shape index (κ3) is 4.15. The fraction of sp³-hybridized carbons (Fsp3) is 0.667. The number of halogens is 1. The predicted octanol–water partition coefficient (Wildman–Crippen LogP) is 0.812. The summed E-state index contributed by atoms with van der Waals surface area (Å²) in [5.74, 6) is 0.0593. The number of aryl methyl sites for hydroxylation is 1. The highest BCUT2D eigenvalue weighted by Gasteiger charge is 2.27. The first-order valence-electron chi connectivity index (χ1n) is 6.68. The first-order valence-corrected chi connectivity index (χ1v) is 6.68. The third-order valence-electron chi connectivity index (χ3n) is 3.74. The van der Waals surface area contributed by atoms with Crippen LogP contribution in [0.1, 0.15) is 20.3 Å². The van der Waals surface area contributed by atoms with Gasteiger partial charge in [0.2, 0.25) is 5.91 Å². The van der Waals surface area contributed by atoms with E-state index in [-0.39, 0.29) is 36.1 Å². The Kier molecular flexibility index (Phi) is 6.10. The molecule has 21 heavy (non-hydrogen) atoms. The third-order valence-corrected chi connectivity index (χ3v) is 3.74. The smallest absolute Gasteiger partial charge is 0.306 e. The lowest BCUT2D eigenvalue weighted by molar-refractivity contribution is -0.385. The highest BCUT2D eigenvalue weighted by Crippen LogP contribution is 2.12. The number of carbonyl (C=O) groups excluding carboxylic acids is 1. The van der Waals surface area contributed by atoms with Crippen LogP contribution in [0.5, 0.6) is 0 Å². The van der Waals surface area contributed by atoms with Gasteiger partial charge in [0.25, 0.3) is 0 Å². The van der Waals surface area contributed by atoms with Crippen LogP contribution in [-0.2, 0) is 11.3 Å². The van der Waals surface area contributed by atoms with Gasteiger partial charge < -0.3 is 10.2 Å². The molecule has 9 heteroatoms. The van der Waals surface area contributed by atoms with E-state index in [1.165, 1.54) is 17.1 Å². The van der Waals surface area contributed by atoms with Gasteiger partial charge in [0, 0.05) is 38.1 Å². The van der Waals surface area contributed by atoms with Crippen molar-refractivity contribution in [2.24, 2.45) is 0 Å². The number of piperazine rings is 1. The summed E-state index contributed by atoms with van der Waals surface area (Å²) in [6, 6.07) is 0.432. The van der Waals surface area contributed by atoms with Gasteiger partial charge in [0.15, 0.2) is 0 Å². The molecule has 118 valence electrons. The second-order valence-electron chi connectivity index (χ2n) is 5.04. The van der Waals surface area contributed by atoms with Crippen LogP contribution in [0.2, 0.25) is 0 Å². The summed E-state index contributed by atoms with van der Waals surface area (Å²) in [7, 11) is 0. The van der Waals surface area contributed by atoms with Crippen molar-refractivity contribution >= 4 is 24.0 Å². The SMILES string of the molecule is CC1NCCN(C(=O)CCn2cc([N+](=O)[O-])cn2)C1C.Cl. The van der Waals surface area contributed by atoms with Crippen LogP contribution < -0.4 is 5.32 Å². The molecule has 1 fully saturated rings. The minimum Gasteiger partial charge on any atom is -0.337 e. The topological polar surface area (TPSA) is 93.3 Å². The summed E-state index contributed by atoms with van der Waals surface area (Å²) < 4.78 is 1.44. The number of nitrogens with one attached hydrogen (secondary N) is 1. The molecule has 1 N–H and O–H groups in total. The van der Waals surface area contributed by atoms with Crippen LogP contribution in [0.4, 0.5) is 5.69 Å². The van der Waals surface area contributed by atoms with Crippen molar-refractivity contribution in [2.75, 3.05) is 13.1 Å². The first kappa shape index (κ1) is 17.4. The zero-order valence-electron chi connectivity index (χ0n) is 12.1. The van der Waals surface area contributed by atoms with Gasteiger partial charge >= 0.3 is 5.69 Å². The molecule has 2 heterocycles. The van der Waals surface area contributed by atoms with Gasteiger partial charge in [-0.3, -0.25) is 19.6 Å². The normalized spacial score (nSPS) is 21.7. The average Bonchev–Trinajstić information content (AvgIpc) is 2.88. The Bertz CT molecular complexity index is 507. The minimum atomic E-state index is -0.495. The summed E-state index contributed by atoms with van der Waals surface area (Å²) >= 11 is 0. The van der Waals surface area contributed by atoms with Crippen molar-refractivity contribution in [1.29, 1.82) is 0 Å². The Labute approximate surface area is 129 Å². The van der Waals surface area contributed by atoms with Gasteiger partial charge in [-0.25, -0.2) is 0 Å². The number of nitro groups is 1. The highest BCUT2D eigenvalue weighted by molar-refractivity contribution is 5.85. The molecule has 0 aliphatic carbocycles. The van der Waals surface area contributed by atoms with Crippen LogP contribution in [0.3, 0.4) is 0 Å². The number of nitrogens with zero attached hydrogens (tertiary/aromatic N) is 4. The zero-order chi connectivity index (χ0) is 14.7. The van der Waals surface area contributed by atoms with Gasteiger partial charge in [0.05, 0.1) is 4.92 Å². The van der Waals surface area contributed by atoms with Crippen molar-refractivity contribution in [3.63, 3.8) is 0 Å². The minimum absolute atomic E-state index is 0. The number of hydrogen-bond donors (Lipinski definition) is 1. The molecule has 0 aromatic carbocycles. The molecule has 0 saturated carbocycles. The summed E-state index contributed by atoms with van der Waals surface area (Å²) in [5, 5.41) is 17.7. The lowest BCUT2D eigenvalue weighted by atomic mass is 10.1. The molecule has 1 aliphatic rings. The Morgan fingerprint density at radius 3 is 2.90 bits per heavy atom. The zero-order valence-corrected chi connectivity index (χ0v) is 12.9. The van der Waals surface area contributed by atoms with E-state index in [1.807, 2.05) is 11.8 Å². The standard InChI is InChI=1S/C12H19N5O3.ClH/c1-9-10(2)16(6-4-13-9)12(18)3-5-15-8-11(7-14-15)17(19)20;/h7-10,13H,3-6H2,1-2H3;1H. The van der Waals surface area contributed by atoms with Crippen molar-refractivity contribution in [3.05, 3.63) is 22.5 Å². The first-order chi connectivity index (χ1) is 9.49. The van der Waals surface area contributed by atoms with E-state index in [0.29, 0.717) is 19.5 Å². The van der Waals surface area contributed by atoms with E-state index in [2.05, 4.69) is 17.3 Å². The van der Waals surface area contributed by atoms with E-state index in [1.54, 1.807) is 0 Å². The Morgan fingerprint density at radius 1 is 1.57 bits per heavy atom. The van der Waals surface area contributed by atoms with Gasteiger partial charge in [-0.15, -0.1) is 12.4 Å². The molecule has 2 atom stereocenters. The fourth-order valence-electron chi connectivity index (χ4n) is 2.33. The average molecular weight is 318 g/mol. The van der Waals surface area contributed by atoms with Gasteiger partial charge in [-0.05, 0) is 13.8 Å². The molecule has 1 aromatic heterocycles. The number of rotatable bonds is 4. The largest absolute Gasteiger partial charge is 0.337 e. The van der Waals surface area contributed by atoms with Crippen LogP contribution in [0.15, 0.2) is 12.4 Å². The molecule has 0 spiro atoms. The van der Waals surface area contributed by atoms with Crippen LogP contribution >= 0.6 is 12.4 Å². The van der Waals surface area contributed by atoms with E-state index in [4.69, 9.17) is 0 Å². The van der Waals surface area contributed by atoms with Gasteiger partial charge in [-0.2, -0.15) is 5.10 Å². The fourth-order valence-corrected chi connectivity index (χ4v) is 2.33. The summed E-state index contributed by atoms with van der Waals surface area (Å²) in [5.41, 5.74) is -0.0541. The molecule has 1 aromatic rings. The molecule has 2 rings (SSSR count). The van der Waals surface area contributed by atoms with Gasteiger partial charge in [-0.1, -0.05) is 0 Å². The molecule has 0 bridgehead atoms. The van der Waals surface area contributed by atoms with E-state index in [9.17, 15) is 14.9 Å². The maximum Gasteiger partial charge on any atom is 0.306 e. The quantitative estimate of drug-likeness (QED) is 0.655. The maximum absolute atomic E-state index is 12.2. The summed E-state index contributed by atoms with van der Waals surface area (Å²) in [4.78, 5) is 24.1. The molecule has 8 nitrogen and oxygen atoms in total. The second-order valence-corrected chi connectivity index (χ2v) is 5.04. The monoisotopic (exact) mass is 317 g/mol. The molecule has 0 radical (unpaired) electrons. The summed E-state index contributed by atoms with van der Waals surface area (Å²) in [6.45, 7) is 5.93. The number of hydrogen-bond acceptors (Lipinski definition) is 5. The molecule has 1 amide bonds. The summed E-state index contributed by atoms with van der Waals surface area (Å²) in [6.07, 6.45) is 2.84. The highest BCUT2D eigenvalue weighted by atomic mass is 35.5. The Hall–Kier alpha value is -1.67. The van der Waals surface area contributed by atoms with E-state index < -0.39 is 4.92 Å². The van der Waals surface area contributed by atoms with E-state index >= 15 is 0 Å². The number of aromatic nitrogens is 2. The second kappa shape index (κ2) is 7.37. The lowest BCUT2D eigenvalue weighted by Crippen LogP contribution is -2.57.